The lowest BCUT2D eigenvalue weighted by atomic mass is 9.88. The minimum atomic E-state index is -1.48. The molecular formula is C27H28OSi. The lowest BCUT2D eigenvalue weighted by molar-refractivity contribution is 0.321. The molecule has 3 aromatic rings. The van der Waals surface area contributed by atoms with E-state index in [1.807, 2.05) is 0 Å². The Labute approximate surface area is 175 Å². The summed E-state index contributed by atoms with van der Waals surface area (Å²) in [6.45, 7) is 7.61. The molecule has 0 bridgehead atoms. The molecule has 1 atom stereocenters. The van der Waals surface area contributed by atoms with Crippen LogP contribution >= 0.6 is 0 Å². The van der Waals surface area contributed by atoms with Gasteiger partial charge in [0.25, 0.3) is 0 Å². The molecular weight excluding hydrogens is 368 g/mol. The van der Waals surface area contributed by atoms with Gasteiger partial charge in [-0.1, -0.05) is 72.8 Å². The predicted octanol–water partition coefficient (Wildman–Crippen LogP) is 7.03. The van der Waals surface area contributed by atoms with Crippen molar-refractivity contribution in [3.8, 4) is 11.1 Å². The third-order valence-electron chi connectivity index (χ3n) is 6.14. The Bertz CT molecular complexity index is 1100. The highest BCUT2D eigenvalue weighted by Crippen LogP contribution is 2.46. The molecule has 1 nitrogen and oxygen atoms in total. The van der Waals surface area contributed by atoms with Crippen molar-refractivity contribution in [2.24, 2.45) is 0 Å². The standard InChI is InChI=1S/C27H28OSi/c1-29(2,3)28-16-15-20-18-27(23-12-7-6-11-22(20)23)25-14-8-13-24-21-10-5-4-9-19(21)17-26(24)25/h4-14,18,27H,15-17H2,1-3H3. The van der Waals surface area contributed by atoms with E-state index in [0.717, 1.165) is 19.4 Å². The number of fused-ring (bicyclic) bond motifs is 4. The van der Waals surface area contributed by atoms with Crippen LogP contribution in [0.1, 0.15) is 40.2 Å². The molecule has 0 heterocycles. The van der Waals surface area contributed by atoms with Crippen LogP contribution in [0.15, 0.2) is 72.8 Å². The van der Waals surface area contributed by atoms with Crippen LogP contribution in [0.4, 0.5) is 0 Å². The number of rotatable bonds is 5. The van der Waals surface area contributed by atoms with Crippen molar-refractivity contribution < 1.29 is 4.43 Å². The lowest BCUT2D eigenvalue weighted by Gasteiger charge is -2.17. The summed E-state index contributed by atoms with van der Waals surface area (Å²) in [5.41, 5.74) is 11.5. The Morgan fingerprint density at radius 3 is 2.31 bits per heavy atom. The molecule has 146 valence electrons. The Kier molecular flexibility index (Phi) is 4.57. The van der Waals surface area contributed by atoms with Crippen molar-refractivity contribution in [3.63, 3.8) is 0 Å². The van der Waals surface area contributed by atoms with Crippen molar-refractivity contribution in [2.75, 3.05) is 6.61 Å². The maximum atomic E-state index is 6.16. The highest BCUT2D eigenvalue weighted by Gasteiger charge is 2.29. The molecule has 1 unspecified atom stereocenters. The topological polar surface area (TPSA) is 9.23 Å². The quantitative estimate of drug-likeness (QED) is 0.329. The van der Waals surface area contributed by atoms with Gasteiger partial charge in [0.2, 0.25) is 0 Å². The summed E-state index contributed by atoms with van der Waals surface area (Å²) in [5.74, 6) is 0.345. The highest BCUT2D eigenvalue weighted by atomic mass is 28.4. The van der Waals surface area contributed by atoms with Crippen LogP contribution < -0.4 is 0 Å². The van der Waals surface area contributed by atoms with Gasteiger partial charge in [-0.2, -0.15) is 0 Å². The van der Waals surface area contributed by atoms with E-state index in [2.05, 4.69) is 92.4 Å². The molecule has 29 heavy (non-hydrogen) atoms. The molecule has 0 saturated carbocycles. The first kappa shape index (κ1) is 18.6. The SMILES string of the molecule is C[Si](C)(C)OCCC1=CC(c2cccc3c2Cc2ccccc2-3)c2ccccc21. The summed E-state index contributed by atoms with van der Waals surface area (Å²) in [5, 5.41) is 0. The van der Waals surface area contributed by atoms with Gasteiger partial charge < -0.3 is 4.43 Å². The zero-order chi connectivity index (χ0) is 20.0. The van der Waals surface area contributed by atoms with Crippen LogP contribution in [0.25, 0.3) is 16.7 Å². The largest absolute Gasteiger partial charge is 0.417 e. The molecule has 2 heteroatoms. The van der Waals surface area contributed by atoms with Crippen LogP contribution in [-0.2, 0) is 10.8 Å². The van der Waals surface area contributed by atoms with Crippen molar-refractivity contribution >= 4 is 13.9 Å². The summed E-state index contributed by atoms with van der Waals surface area (Å²) >= 11 is 0. The van der Waals surface area contributed by atoms with Crippen LogP contribution in [-0.4, -0.2) is 14.9 Å². The normalized spacial score (nSPS) is 16.9. The van der Waals surface area contributed by atoms with Crippen molar-refractivity contribution in [3.05, 3.63) is 101 Å². The van der Waals surface area contributed by atoms with Crippen LogP contribution in [0.2, 0.25) is 19.6 Å². The number of hydrogen-bond acceptors (Lipinski definition) is 1. The van der Waals surface area contributed by atoms with Crippen LogP contribution in [0.5, 0.6) is 0 Å². The molecule has 3 aromatic carbocycles. The Morgan fingerprint density at radius 2 is 1.48 bits per heavy atom. The third-order valence-corrected chi connectivity index (χ3v) is 7.21. The van der Waals surface area contributed by atoms with Gasteiger partial charge in [-0.25, -0.2) is 0 Å². The molecule has 0 aromatic heterocycles. The van der Waals surface area contributed by atoms with Gasteiger partial charge in [0, 0.05) is 12.5 Å². The zero-order valence-corrected chi connectivity index (χ0v) is 18.5. The second-order valence-corrected chi connectivity index (χ2v) is 13.7. The van der Waals surface area contributed by atoms with E-state index in [-0.39, 0.29) is 0 Å². The molecule has 0 aliphatic heterocycles. The second kappa shape index (κ2) is 7.12. The Hall–Kier alpha value is -2.42. The van der Waals surface area contributed by atoms with Gasteiger partial charge in [0.1, 0.15) is 0 Å². The van der Waals surface area contributed by atoms with E-state index in [4.69, 9.17) is 4.43 Å². The summed E-state index contributed by atoms with van der Waals surface area (Å²) in [6.07, 6.45) is 4.53. The molecule has 0 radical (unpaired) electrons. The molecule has 2 aliphatic rings. The summed E-state index contributed by atoms with van der Waals surface area (Å²) < 4.78 is 6.16. The van der Waals surface area contributed by atoms with Gasteiger partial charge in [0.15, 0.2) is 8.32 Å². The highest BCUT2D eigenvalue weighted by molar-refractivity contribution is 6.69. The maximum absolute atomic E-state index is 6.16. The zero-order valence-electron chi connectivity index (χ0n) is 17.5. The predicted molar refractivity (Wildman–Crippen MR) is 125 cm³/mol. The molecule has 5 rings (SSSR count). The molecule has 0 spiro atoms. The van der Waals surface area contributed by atoms with E-state index in [1.54, 1.807) is 0 Å². The number of allylic oxidation sites excluding steroid dienone is 1. The number of hydrogen-bond donors (Lipinski definition) is 0. The molecule has 0 fully saturated rings. The second-order valence-electron chi connectivity index (χ2n) is 9.17. The fourth-order valence-electron chi connectivity index (χ4n) is 4.86. The van der Waals surface area contributed by atoms with E-state index < -0.39 is 8.32 Å². The van der Waals surface area contributed by atoms with Gasteiger partial charge in [-0.05, 0) is 77.0 Å². The third kappa shape index (κ3) is 3.41. The molecule has 0 saturated heterocycles. The first-order chi connectivity index (χ1) is 14.0. The van der Waals surface area contributed by atoms with E-state index >= 15 is 0 Å². The maximum Gasteiger partial charge on any atom is 0.183 e. The van der Waals surface area contributed by atoms with Gasteiger partial charge in [-0.3, -0.25) is 0 Å². The Morgan fingerprint density at radius 1 is 0.793 bits per heavy atom. The Balaban J connectivity index is 1.52. The smallest absolute Gasteiger partial charge is 0.183 e. The van der Waals surface area contributed by atoms with Gasteiger partial charge in [0.05, 0.1) is 0 Å². The first-order valence-electron chi connectivity index (χ1n) is 10.7. The van der Waals surface area contributed by atoms with Crippen molar-refractivity contribution in [2.45, 2.75) is 38.4 Å². The van der Waals surface area contributed by atoms with Crippen molar-refractivity contribution in [1.82, 2.24) is 0 Å². The number of benzene rings is 3. The first-order valence-corrected chi connectivity index (χ1v) is 14.1. The average molecular weight is 397 g/mol. The summed E-state index contributed by atoms with van der Waals surface area (Å²) in [6, 6.07) is 24.7. The monoisotopic (exact) mass is 396 g/mol. The minimum Gasteiger partial charge on any atom is -0.417 e. The van der Waals surface area contributed by atoms with Crippen LogP contribution in [0, 0.1) is 0 Å². The molecule has 0 N–H and O–H groups in total. The van der Waals surface area contributed by atoms with Crippen LogP contribution in [0.3, 0.4) is 0 Å². The summed E-state index contributed by atoms with van der Waals surface area (Å²) in [7, 11) is -1.48. The van der Waals surface area contributed by atoms with E-state index in [0.29, 0.717) is 5.92 Å². The fourth-order valence-corrected chi connectivity index (χ4v) is 5.57. The average Bonchev–Trinajstić information content (AvgIpc) is 3.26. The summed E-state index contributed by atoms with van der Waals surface area (Å²) in [4.78, 5) is 0. The van der Waals surface area contributed by atoms with Crippen molar-refractivity contribution in [1.29, 1.82) is 0 Å². The molecule has 0 amide bonds. The van der Waals surface area contributed by atoms with Gasteiger partial charge in [-0.15, -0.1) is 0 Å². The lowest BCUT2D eigenvalue weighted by Crippen LogP contribution is -2.25. The van der Waals surface area contributed by atoms with E-state index in [9.17, 15) is 0 Å². The van der Waals surface area contributed by atoms with Gasteiger partial charge >= 0.3 is 0 Å². The van der Waals surface area contributed by atoms with E-state index in [1.165, 1.54) is 44.5 Å². The minimum absolute atomic E-state index is 0.345. The molecule has 2 aliphatic carbocycles. The fraction of sp³-hybridized carbons (Fsp3) is 0.259.